The lowest BCUT2D eigenvalue weighted by molar-refractivity contribution is -0.142. The van der Waals surface area contributed by atoms with Crippen LogP contribution in [0.15, 0.2) is 72.8 Å². The Balaban J connectivity index is 1.90. The monoisotopic (exact) mass is 498 g/mol. The Hall–Kier alpha value is -3.02. The summed E-state index contributed by atoms with van der Waals surface area (Å²) >= 11 is 12.8. The maximum Gasteiger partial charge on any atom is 0.261 e. The van der Waals surface area contributed by atoms with Crippen LogP contribution in [0.4, 0.5) is 0 Å². The fraction of sp³-hybridized carbons (Fsp3) is 0.259. The lowest BCUT2D eigenvalue weighted by Crippen LogP contribution is -2.51. The summed E-state index contributed by atoms with van der Waals surface area (Å²) in [7, 11) is 1.55. The van der Waals surface area contributed by atoms with Gasteiger partial charge in [-0.2, -0.15) is 0 Å². The average Bonchev–Trinajstić information content (AvgIpc) is 2.86. The van der Waals surface area contributed by atoms with Crippen LogP contribution in [-0.4, -0.2) is 36.4 Å². The topological polar surface area (TPSA) is 58.6 Å². The van der Waals surface area contributed by atoms with Crippen molar-refractivity contribution in [3.63, 3.8) is 0 Å². The lowest BCUT2D eigenvalue weighted by atomic mass is 10.0. The number of nitrogens with zero attached hydrogens (tertiary/aromatic N) is 1. The highest BCUT2D eigenvalue weighted by molar-refractivity contribution is 6.36. The molecule has 2 amide bonds. The molecule has 34 heavy (non-hydrogen) atoms. The summed E-state index contributed by atoms with van der Waals surface area (Å²) < 4.78 is 5.77. The highest BCUT2D eigenvalue weighted by Gasteiger charge is 2.31. The molecule has 0 unspecified atom stereocenters. The molecule has 0 radical (unpaired) electrons. The van der Waals surface area contributed by atoms with Gasteiger partial charge in [-0.05, 0) is 41.8 Å². The van der Waals surface area contributed by atoms with Crippen LogP contribution < -0.4 is 10.1 Å². The first kappa shape index (κ1) is 25.6. The molecule has 3 aromatic rings. The predicted molar refractivity (Wildman–Crippen MR) is 136 cm³/mol. The minimum atomic E-state index is -0.779. The molecule has 7 heteroatoms. The Morgan fingerprint density at radius 1 is 0.912 bits per heavy atom. The van der Waals surface area contributed by atoms with Crippen molar-refractivity contribution < 1.29 is 14.3 Å². The molecule has 0 fully saturated rings. The van der Waals surface area contributed by atoms with E-state index in [4.69, 9.17) is 27.9 Å². The molecule has 0 aliphatic carbocycles. The summed E-state index contributed by atoms with van der Waals surface area (Å²) in [5.74, 6) is -0.0476. The SMILES string of the molecule is CCc1ccc(OCC(=O)N(Cc2c(Cl)cccc2Cl)[C@@H](Cc2ccccc2)C(=O)NC)cc1. The molecule has 3 rings (SSSR count). The zero-order valence-corrected chi connectivity index (χ0v) is 20.8. The number of carbonyl (C=O) groups excluding carboxylic acids is 2. The van der Waals surface area contributed by atoms with Crippen LogP contribution in [0.1, 0.15) is 23.6 Å². The van der Waals surface area contributed by atoms with E-state index in [2.05, 4.69) is 12.2 Å². The second kappa shape index (κ2) is 12.4. The number of halogens is 2. The van der Waals surface area contributed by atoms with Crippen LogP contribution >= 0.6 is 23.2 Å². The molecule has 0 aromatic heterocycles. The van der Waals surface area contributed by atoms with E-state index in [1.807, 2.05) is 54.6 Å². The van der Waals surface area contributed by atoms with Gasteiger partial charge < -0.3 is 15.0 Å². The highest BCUT2D eigenvalue weighted by atomic mass is 35.5. The Morgan fingerprint density at radius 3 is 2.15 bits per heavy atom. The molecule has 0 bridgehead atoms. The standard InChI is InChI=1S/C27H28Cl2N2O3/c1-3-19-12-14-21(15-13-19)34-18-26(32)31(17-22-23(28)10-7-11-24(22)29)25(27(33)30-2)16-20-8-5-4-6-9-20/h4-15,25H,3,16-18H2,1-2H3,(H,30,33)/t25-/m0/s1. The number of nitrogens with one attached hydrogen (secondary N) is 1. The van der Waals surface area contributed by atoms with Crippen molar-refractivity contribution in [3.8, 4) is 5.75 Å². The average molecular weight is 499 g/mol. The van der Waals surface area contributed by atoms with Gasteiger partial charge in [0, 0.05) is 35.6 Å². The van der Waals surface area contributed by atoms with Gasteiger partial charge in [-0.3, -0.25) is 9.59 Å². The lowest BCUT2D eigenvalue weighted by Gasteiger charge is -2.31. The van der Waals surface area contributed by atoms with Crippen LogP contribution in [0.5, 0.6) is 5.75 Å². The molecule has 0 aliphatic heterocycles. The molecule has 1 atom stereocenters. The van der Waals surface area contributed by atoms with Crippen LogP contribution in [0.3, 0.4) is 0 Å². The highest BCUT2D eigenvalue weighted by Crippen LogP contribution is 2.27. The van der Waals surface area contributed by atoms with Crippen LogP contribution in [-0.2, 0) is 29.0 Å². The van der Waals surface area contributed by atoms with E-state index >= 15 is 0 Å². The quantitative estimate of drug-likeness (QED) is 0.411. The Kier molecular flexibility index (Phi) is 9.37. The number of aryl methyl sites for hydroxylation is 1. The summed E-state index contributed by atoms with van der Waals surface area (Å²) in [5.41, 5.74) is 2.68. The van der Waals surface area contributed by atoms with Gasteiger partial charge in [0.15, 0.2) is 6.61 Å². The van der Waals surface area contributed by atoms with Gasteiger partial charge >= 0.3 is 0 Å². The Bertz CT molecular complexity index is 1080. The van der Waals surface area contributed by atoms with Gasteiger partial charge in [-0.1, -0.05) is 78.7 Å². The summed E-state index contributed by atoms with van der Waals surface area (Å²) in [6, 6.07) is 21.5. The third-order valence-corrected chi connectivity index (χ3v) is 6.31. The molecule has 0 saturated heterocycles. The number of ether oxygens (including phenoxy) is 1. The number of carbonyl (C=O) groups is 2. The summed E-state index contributed by atoms with van der Waals surface area (Å²) in [6.45, 7) is 1.92. The summed E-state index contributed by atoms with van der Waals surface area (Å²) in [5, 5.41) is 3.54. The molecule has 0 spiro atoms. The molecule has 3 aromatic carbocycles. The van der Waals surface area contributed by atoms with Gasteiger partial charge in [0.25, 0.3) is 5.91 Å². The van der Waals surface area contributed by atoms with E-state index in [0.29, 0.717) is 27.8 Å². The number of hydrogen-bond acceptors (Lipinski definition) is 3. The normalized spacial score (nSPS) is 11.5. The van der Waals surface area contributed by atoms with Gasteiger partial charge in [0.2, 0.25) is 5.91 Å². The first-order valence-electron chi connectivity index (χ1n) is 11.1. The van der Waals surface area contributed by atoms with Gasteiger partial charge in [0.1, 0.15) is 11.8 Å². The van der Waals surface area contributed by atoms with Crippen molar-refractivity contribution in [1.29, 1.82) is 0 Å². The molecule has 178 valence electrons. The van der Waals surface area contributed by atoms with Crippen molar-refractivity contribution in [2.75, 3.05) is 13.7 Å². The van der Waals surface area contributed by atoms with Crippen molar-refractivity contribution in [2.24, 2.45) is 0 Å². The van der Waals surface area contributed by atoms with Crippen molar-refractivity contribution in [2.45, 2.75) is 32.4 Å². The van der Waals surface area contributed by atoms with E-state index in [-0.39, 0.29) is 25.0 Å². The third kappa shape index (κ3) is 6.75. The van der Waals surface area contributed by atoms with Gasteiger partial charge in [0.05, 0.1) is 0 Å². The number of hydrogen-bond donors (Lipinski definition) is 1. The number of rotatable bonds is 10. The van der Waals surface area contributed by atoms with E-state index in [9.17, 15) is 9.59 Å². The molecular weight excluding hydrogens is 471 g/mol. The maximum absolute atomic E-state index is 13.5. The summed E-state index contributed by atoms with van der Waals surface area (Å²) in [6.07, 6.45) is 1.25. The van der Waals surface area contributed by atoms with E-state index < -0.39 is 6.04 Å². The molecular formula is C27H28Cl2N2O3. The van der Waals surface area contributed by atoms with Crippen molar-refractivity contribution >= 4 is 35.0 Å². The Morgan fingerprint density at radius 2 is 1.56 bits per heavy atom. The number of likely N-dealkylation sites (N-methyl/N-ethyl adjacent to an activating group) is 1. The fourth-order valence-electron chi connectivity index (χ4n) is 3.62. The minimum absolute atomic E-state index is 0.0698. The van der Waals surface area contributed by atoms with E-state index in [1.54, 1.807) is 25.2 Å². The smallest absolute Gasteiger partial charge is 0.261 e. The molecule has 0 aliphatic rings. The fourth-order valence-corrected chi connectivity index (χ4v) is 4.14. The molecule has 1 N–H and O–H groups in total. The van der Waals surface area contributed by atoms with Gasteiger partial charge in [-0.15, -0.1) is 0 Å². The molecule has 0 saturated carbocycles. The third-order valence-electron chi connectivity index (χ3n) is 5.60. The number of benzene rings is 3. The van der Waals surface area contributed by atoms with E-state index in [0.717, 1.165) is 12.0 Å². The summed E-state index contributed by atoms with van der Waals surface area (Å²) in [4.78, 5) is 27.9. The van der Waals surface area contributed by atoms with Crippen LogP contribution in [0.25, 0.3) is 0 Å². The van der Waals surface area contributed by atoms with Crippen LogP contribution in [0, 0.1) is 0 Å². The first-order chi connectivity index (χ1) is 16.4. The number of amides is 2. The largest absolute Gasteiger partial charge is 0.484 e. The first-order valence-corrected chi connectivity index (χ1v) is 11.9. The maximum atomic E-state index is 13.5. The zero-order chi connectivity index (χ0) is 24.5. The second-order valence-electron chi connectivity index (χ2n) is 7.83. The minimum Gasteiger partial charge on any atom is -0.484 e. The molecule has 5 nitrogen and oxygen atoms in total. The second-order valence-corrected chi connectivity index (χ2v) is 8.64. The van der Waals surface area contributed by atoms with E-state index in [1.165, 1.54) is 10.5 Å². The van der Waals surface area contributed by atoms with Crippen molar-refractivity contribution in [3.05, 3.63) is 99.5 Å². The van der Waals surface area contributed by atoms with Gasteiger partial charge in [-0.25, -0.2) is 0 Å². The van der Waals surface area contributed by atoms with Crippen molar-refractivity contribution in [1.82, 2.24) is 10.2 Å². The Labute approximate surface area is 210 Å². The predicted octanol–water partition coefficient (Wildman–Crippen LogP) is 5.32. The van der Waals surface area contributed by atoms with Crippen LogP contribution in [0.2, 0.25) is 10.0 Å². The molecule has 0 heterocycles. The zero-order valence-electron chi connectivity index (χ0n) is 19.3.